The van der Waals surface area contributed by atoms with Gasteiger partial charge in [-0.15, -0.1) is 10.2 Å². The van der Waals surface area contributed by atoms with Crippen molar-refractivity contribution in [2.45, 2.75) is 6.18 Å². The fraction of sp³-hybridized carbons (Fsp3) is 0.143. The Bertz CT molecular complexity index is 432. The van der Waals surface area contributed by atoms with E-state index in [-0.39, 0.29) is 5.65 Å². The second-order valence-corrected chi connectivity index (χ2v) is 2.45. The Kier molecular flexibility index (Phi) is 1.51. The molecule has 0 aromatic carbocycles. The lowest BCUT2D eigenvalue weighted by molar-refractivity contribution is -0.145. The van der Waals surface area contributed by atoms with E-state index in [1.807, 2.05) is 0 Å². The molecule has 0 aliphatic heterocycles. The molecule has 0 fully saturated rings. The van der Waals surface area contributed by atoms with Gasteiger partial charge in [0.15, 0.2) is 5.65 Å². The van der Waals surface area contributed by atoms with E-state index in [4.69, 9.17) is 0 Å². The molecule has 2 rings (SSSR count). The Morgan fingerprint density at radius 2 is 1.92 bits per heavy atom. The fourth-order valence-corrected chi connectivity index (χ4v) is 1.03. The van der Waals surface area contributed by atoms with Gasteiger partial charge in [-0.1, -0.05) is 6.07 Å². The van der Waals surface area contributed by atoms with E-state index in [0.717, 1.165) is 4.40 Å². The minimum Gasteiger partial charge on any atom is -0.279 e. The Hall–Kier alpha value is -1.59. The van der Waals surface area contributed by atoms with Gasteiger partial charge in [-0.05, 0) is 12.1 Å². The molecule has 0 unspecified atom stereocenters. The van der Waals surface area contributed by atoms with E-state index in [1.54, 1.807) is 6.07 Å². The number of halogens is 3. The fourth-order valence-electron chi connectivity index (χ4n) is 1.03. The first kappa shape index (κ1) is 8.03. The van der Waals surface area contributed by atoms with Crippen LogP contribution in [0.3, 0.4) is 0 Å². The van der Waals surface area contributed by atoms with Crippen LogP contribution in [0.1, 0.15) is 5.82 Å². The predicted molar refractivity (Wildman–Crippen MR) is 38.0 cm³/mol. The van der Waals surface area contributed by atoms with E-state index < -0.39 is 12.0 Å². The van der Waals surface area contributed by atoms with Gasteiger partial charge in [0, 0.05) is 6.20 Å². The molecule has 0 saturated heterocycles. The minimum absolute atomic E-state index is 0.190. The average Bonchev–Trinajstić information content (AvgIpc) is 2.45. The lowest BCUT2D eigenvalue weighted by atomic mass is 10.4. The number of aromatic nitrogens is 3. The van der Waals surface area contributed by atoms with Crippen LogP contribution in [0.25, 0.3) is 5.65 Å². The second-order valence-electron chi connectivity index (χ2n) is 2.45. The Morgan fingerprint density at radius 3 is 2.62 bits per heavy atom. The van der Waals surface area contributed by atoms with E-state index in [0.29, 0.717) is 0 Å². The number of rotatable bonds is 0. The Labute approximate surface area is 70.8 Å². The molecule has 0 amide bonds. The van der Waals surface area contributed by atoms with Crippen molar-refractivity contribution in [3.05, 3.63) is 30.2 Å². The number of hydrogen-bond acceptors (Lipinski definition) is 2. The third kappa shape index (κ3) is 1.24. The molecule has 68 valence electrons. The summed E-state index contributed by atoms with van der Waals surface area (Å²) in [6, 6.07) is 4.55. The zero-order valence-corrected chi connectivity index (χ0v) is 6.28. The highest BCUT2D eigenvalue weighted by Gasteiger charge is 2.36. The van der Waals surface area contributed by atoms with E-state index in [1.165, 1.54) is 18.3 Å². The molecule has 0 radical (unpaired) electrons. The van der Waals surface area contributed by atoms with Gasteiger partial charge in [0.2, 0.25) is 5.82 Å². The van der Waals surface area contributed by atoms with Crippen LogP contribution in [0.5, 0.6) is 0 Å². The van der Waals surface area contributed by atoms with Gasteiger partial charge < -0.3 is 0 Å². The maximum absolute atomic E-state index is 12.2. The van der Waals surface area contributed by atoms with Crippen molar-refractivity contribution in [2.75, 3.05) is 0 Å². The zero-order valence-electron chi connectivity index (χ0n) is 6.28. The molecule has 0 N–H and O–H groups in total. The number of fused-ring (bicyclic) bond motifs is 1. The number of pyridine rings is 1. The summed E-state index contributed by atoms with van der Waals surface area (Å²) in [5.41, 5.74) is 0.190. The maximum atomic E-state index is 12.2. The van der Waals surface area contributed by atoms with Crippen LogP contribution in [0, 0.1) is 0 Å². The monoisotopic (exact) mass is 187 g/mol. The first-order valence-electron chi connectivity index (χ1n) is 3.46. The summed E-state index contributed by atoms with van der Waals surface area (Å²) in [6.45, 7) is 0. The molecule has 0 aliphatic rings. The molecule has 0 saturated carbocycles. The predicted octanol–water partition coefficient (Wildman–Crippen LogP) is 1.75. The quantitative estimate of drug-likeness (QED) is 0.628. The van der Waals surface area contributed by atoms with Gasteiger partial charge in [-0.2, -0.15) is 13.2 Å². The van der Waals surface area contributed by atoms with Crippen molar-refractivity contribution in [1.29, 1.82) is 0 Å². The van der Waals surface area contributed by atoms with Crippen molar-refractivity contribution in [2.24, 2.45) is 0 Å². The zero-order chi connectivity index (χ0) is 9.47. The Morgan fingerprint density at radius 1 is 1.15 bits per heavy atom. The molecule has 2 aromatic rings. The van der Waals surface area contributed by atoms with Crippen LogP contribution in [-0.2, 0) is 6.18 Å². The van der Waals surface area contributed by atoms with Gasteiger partial charge in [0.1, 0.15) is 0 Å². The first-order valence-corrected chi connectivity index (χ1v) is 3.46. The number of hydrogen-bond donors (Lipinski definition) is 0. The standard InChI is InChI=1S/C7H4F3N3/c8-7(9,10)6-12-11-5-3-1-2-4-13(5)6/h1-4H. The molecule has 13 heavy (non-hydrogen) atoms. The maximum Gasteiger partial charge on any atom is 0.452 e. The van der Waals surface area contributed by atoms with Gasteiger partial charge >= 0.3 is 6.18 Å². The highest BCUT2D eigenvalue weighted by atomic mass is 19.4. The van der Waals surface area contributed by atoms with Crippen LogP contribution >= 0.6 is 0 Å². The smallest absolute Gasteiger partial charge is 0.279 e. The van der Waals surface area contributed by atoms with E-state index >= 15 is 0 Å². The van der Waals surface area contributed by atoms with Crippen molar-refractivity contribution in [3.63, 3.8) is 0 Å². The molecule has 3 nitrogen and oxygen atoms in total. The lowest BCUT2D eigenvalue weighted by Crippen LogP contribution is -2.10. The van der Waals surface area contributed by atoms with Gasteiger partial charge in [-0.3, -0.25) is 4.40 Å². The first-order chi connectivity index (χ1) is 6.09. The summed E-state index contributed by atoms with van der Waals surface area (Å²) in [6.07, 6.45) is -3.18. The van der Waals surface area contributed by atoms with Crippen LogP contribution in [0.15, 0.2) is 24.4 Å². The topological polar surface area (TPSA) is 30.2 Å². The highest BCUT2D eigenvalue weighted by Crippen LogP contribution is 2.27. The third-order valence-corrected chi connectivity index (χ3v) is 1.57. The van der Waals surface area contributed by atoms with Crippen molar-refractivity contribution in [1.82, 2.24) is 14.6 Å². The lowest BCUT2D eigenvalue weighted by Gasteiger charge is -2.02. The van der Waals surface area contributed by atoms with Gasteiger partial charge in [0.25, 0.3) is 0 Å². The summed E-state index contributed by atoms with van der Waals surface area (Å²) in [5, 5.41) is 6.43. The third-order valence-electron chi connectivity index (χ3n) is 1.57. The highest BCUT2D eigenvalue weighted by molar-refractivity contribution is 5.37. The van der Waals surface area contributed by atoms with Crippen LogP contribution < -0.4 is 0 Å². The van der Waals surface area contributed by atoms with Crippen LogP contribution in [0.2, 0.25) is 0 Å². The molecule has 2 heterocycles. The second kappa shape index (κ2) is 2.45. The number of nitrogens with zero attached hydrogens (tertiary/aromatic N) is 3. The molecule has 0 spiro atoms. The Balaban J connectivity index is 2.72. The average molecular weight is 187 g/mol. The summed E-state index contributed by atoms with van der Waals surface area (Å²) < 4.78 is 37.6. The van der Waals surface area contributed by atoms with Gasteiger partial charge in [-0.25, -0.2) is 0 Å². The van der Waals surface area contributed by atoms with Crippen LogP contribution in [-0.4, -0.2) is 14.6 Å². The minimum atomic E-state index is -4.46. The SMILES string of the molecule is FC(F)(F)c1nnc2ccccn12. The summed E-state index contributed by atoms with van der Waals surface area (Å²) in [7, 11) is 0. The van der Waals surface area contributed by atoms with Crippen LogP contribution in [0.4, 0.5) is 13.2 Å². The summed E-state index contributed by atoms with van der Waals surface area (Å²) in [5.74, 6) is -0.997. The summed E-state index contributed by atoms with van der Waals surface area (Å²) >= 11 is 0. The van der Waals surface area contributed by atoms with E-state index in [9.17, 15) is 13.2 Å². The summed E-state index contributed by atoms with van der Waals surface area (Å²) in [4.78, 5) is 0. The van der Waals surface area contributed by atoms with Gasteiger partial charge in [0.05, 0.1) is 0 Å². The molecular weight excluding hydrogens is 183 g/mol. The van der Waals surface area contributed by atoms with Crippen molar-refractivity contribution in [3.8, 4) is 0 Å². The molecular formula is C7H4F3N3. The van der Waals surface area contributed by atoms with E-state index in [2.05, 4.69) is 10.2 Å². The molecule has 0 aliphatic carbocycles. The van der Waals surface area contributed by atoms with Crippen molar-refractivity contribution >= 4 is 5.65 Å². The largest absolute Gasteiger partial charge is 0.452 e. The molecule has 0 atom stereocenters. The molecule has 0 bridgehead atoms. The molecule has 6 heteroatoms. The number of alkyl halides is 3. The normalized spacial score (nSPS) is 12.2. The van der Waals surface area contributed by atoms with Crippen molar-refractivity contribution < 1.29 is 13.2 Å². The molecule has 2 aromatic heterocycles.